The van der Waals surface area contributed by atoms with E-state index in [1.807, 2.05) is 37.3 Å². The van der Waals surface area contributed by atoms with Crippen LogP contribution in [0.15, 0.2) is 52.4 Å². The molecule has 0 aliphatic heterocycles. The van der Waals surface area contributed by atoms with Crippen molar-refractivity contribution in [3.8, 4) is 0 Å². The van der Waals surface area contributed by atoms with Crippen LogP contribution in [0, 0.1) is 6.92 Å². The molecule has 0 atom stereocenters. The van der Waals surface area contributed by atoms with Gasteiger partial charge in [-0.15, -0.1) is 10.2 Å². The second-order valence-corrected chi connectivity index (χ2v) is 8.80. The summed E-state index contributed by atoms with van der Waals surface area (Å²) in [6.07, 6.45) is 0. The van der Waals surface area contributed by atoms with E-state index in [9.17, 15) is 9.59 Å². The molecule has 0 saturated carbocycles. The van der Waals surface area contributed by atoms with Crippen LogP contribution >= 0.6 is 23.1 Å². The van der Waals surface area contributed by atoms with Crippen molar-refractivity contribution in [2.75, 3.05) is 11.1 Å². The topological polar surface area (TPSA) is 94.2 Å². The number of carbonyl (C=O) groups excluding carboxylic acids is 1. The summed E-state index contributed by atoms with van der Waals surface area (Å²) in [4.78, 5) is 29.5. The first-order valence-corrected chi connectivity index (χ1v) is 10.9. The van der Waals surface area contributed by atoms with Crippen LogP contribution in [-0.4, -0.2) is 35.8 Å². The highest BCUT2D eigenvalue weighted by atomic mass is 32.2. The van der Waals surface area contributed by atoms with Gasteiger partial charge in [-0.2, -0.15) is 0 Å². The second kappa shape index (κ2) is 7.22. The molecule has 2 aromatic carbocycles. The maximum absolute atomic E-state index is 12.5. The molecule has 0 bridgehead atoms. The zero-order valence-electron chi connectivity index (χ0n) is 16.1. The van der Waals surface area contributed by atoms with Gasteiger partial charge in [0.25, 0.3) is 5.56 Å². The van der Waals surface area contributed by atoms with Crippen LogP contribution in [0.4, 0.5) is 5.13 Å². The molecule has 8 nitrogen and oxygen atoms in total. The largest absolute Gasteiger partial charge is 0.301 e. The fraction of sp³-hybridized carbons (Fsp3) is 0.150. The van der Waals surface area contributed by atoms with E-state index in [1.165, 1.54) is 27.7 Å². The molecule has 1 N–H and O–H groups in total. The monoisotopic (exact) mass is 436 g/mol. The van der Waals surface area contributed by atoms with Crippen molar-refractivity contribution >= 4 is 61.0 Å². The van der Waals surface area contributed by atoms with E-state index in [2.05, 4.69) is 26.6 Å². The number of fused-ring (bicyclic) bond motifs is 4. The minimum Gasteiger partial charge on any atom is -0.301 e. The van der Waals surface area contributed by atoms with E-state index in [-0.39, 0.29) is 17.2 Å². The first kappa shape index (κ1) is 18.8. The minimum absolute atomic E-state index is 0.133. The molecule has 1 amide bonds. The summed E-state index contributed by atoms with van der Waals surface area (Å²) in [5.74, 6) is 0.400. The minimum atomic E-state index is -0.179. The lowest BCUT2D eigenvalue weighted by Crippen LogP contribution is -2.20. The molecule has 3 heterocycles. The number of thiazole rings is 1. The Balaban J connectivity index is 1.40. The summed E-state index contributed by atoms with van der Waals surface area (Å²) in [7, 11) is 1.66. The summed E-state index contributed by atoms with van der Waals surface area (Å²) >= 11 is 2.71. The van der Waals surface area contributed by atoms with Gasteiger partial charge in [-0.25, -0.2) is 4.98 Å². The predicted molar refractivity (Wildman–Crippen MR) is 119 cm³/mol. The van der Waals surface area contributed by atoms with Crippen molar-refractivity contribution in [3.63, 3.8) is 0 Å². The van der Waals surface area contributed by atoms with Gasteiger partial charge in [0.15, 0.2) is 10.3 Å². The van der Waals surface area contributed by atoms with E-state index in [0.29, 0.717) is 27.0 Å². The number of anilines is 1. The third-order valence-electron chi connectivity index (χ3n) is 4.72. The van der Waals surface area contributed by atoms with Crippen molar-refractivity contribution in [1.82, 2.24) is 24.1 Å². The molecule has 0 fully saturated rings. The van der Waals surface area contributed by atoms with Gasteiger partial charge in [-0.05, 0) is 36.8 Å². The number of nitrogens with one attached hydrogen (secondary N) is 1. The van der Waals surface area contributed by atoms with Crippen molar-refractivity contribution in [3.05, 3.63) is 58.4 Å². The van der Waals surface area contributed by atoms with Crippen LogP contribution in [0.2, 0.25) is 0 Å². The number of amides is 1. The highest BCUT2D eigenvalue weighted by Gasteiger charge is 2.16. The summed E-state index contributed by atoms with van der Waals surface area (Å²) in [5, 5.41) is 12.9. The molecule has 0 unspecified atom stereocenters. The quantitative estimate of drug-likeness (QED) is 0.435. The number of hydrogen-bond acceptors (Lipinski definition) is 7. The fourth-order valence-corrected chi connectivity index (χ4v) is 5.00. The van der Waals surface area contributed by atoms with Crippen LogP contribution in [-0.2, 0) is 11.8 Å². The summed E-state index contributed by atoms with van der Waals surface area (Å²) in [6, 6.07) is 13.3. The number of benzene rings is 2. The second-order valence-electron chi connectivity index (χ2n) is 6.83. The Morgan fingerprint density at radius 2 is 2.03 bits per heavy atom. The molecule has 10 heteroatoms. The van der Waals surface area contributed by atoms with E-state index < -0.39 is 0 Å². The predicted octanol–water partition coefficient (Wildman–Crippen LogP) is 3.23. The number of thioether (sulfide) groups is 1. The molecule has 150 valence electrons. The lowest BCUT2D eigenvalue weighted by atomic mass is 10.2. The zero-order chi connectivity index (χ0) is 20.8. The Labute approximate surface area is 178 Å². The van der Waals surface area contributed by atoms with Gasteiger partial charge >= 0.3 is 0 Å². The van der Waals surface area contributed by atoms with Crippen LogP contribution in [0.5, 0.6) is 0 Å². The average molecular weight is 437 g/mol. The van der Waals surface area contributed by atoms with Crippen LogP contribution in [0.3, 0.4) is 0 Å². The SMILES string of the molecule is Cc1ccc2nc(NC(=O)CSc3nnc4n(C)c(=O)c5ccccc5n34)sc2c1. The van der Waals surface area contributed by atoms with Gasteiger partial charge in [0, 0.05) is 7.05 Å². The van der Waals surface area contributed by atoms with Crippen molar-refractivity contribution in [1.29, 1.82) is 0 Å². The lowest BCUT2D eigenvalue weighted by Gasteiger charge is -2.07. The van der Waals surface area contributed by atoms with Crippen molar-refractivity contribution < 1.29 is 4.79 Å². The molecule has 0 radical (unpaired) electrons. The first-order valence-electron chi connectivity index (χ1n) is 9.14. The molecule has 0 aliphatic carbocycles. The van der Waals surface area contributed by atoms with Gasteiger partial charge < -0.3 is 5.32 Å². The number of carbonyl (C=O) groups is 1. The van der Waals surface area contributed by atoms with E-state index in [1.54, 1.807) is 17.5 Å². The average Bonchev–Trinajstić information content (AvgIpc) is 3.34. The first-order chi connectivity index (χ1) is 14.5. The molecular formula is C20H16N6O2S2. The summed E-state index contributed by atoms with van der Waals surface area (Å²) in [6.45, 7) is 2.02. The summed E-state index contributed by atoms with van der Waals surface area (Å²) in [5.41, 5.74) is 2.60. The van der Waals surface area contributed by atoms with Crippen LogP contribution in [0.1, 0.15) is 5.56 Å². The van der Waals surface area contributed by atoms with Gasteiger partial charge in [-0.3, -0.25) is 18.6 Å². The molecule has 30 heavy (non-hydrogen) atoms. The van der Waals surface area contributed by atoms with Crippen LogP contribution < -0.4 is 10.9 Å². The normalized spacial score (nSPS) is 11.5. The zero-order valence-corrected chi connectivity index (χ0v) is 17.8. The fourth-order valence-electron chi connectivity index (χ4n) is 3.28. The number of hydrogen-bond donors (Lipinski definition) is 1. The van der Waals surface area contributed by atoms with Crippen LogP contribution in [0.25, 0.3) is 26.9 Å². The van der Waals surface area contributed by atoms with E-state index >= 15 is 0 Å². The number of aryl methyl sites for hydroxylation is 2. The molecule has 0 aliphatic rings. The molecule has 5 aromatic rings. The van der Waals surface area contributed by atoms with Gasteiger partial charge in [-0.1, -0.05) is 41.3 Å². The Hall–Kier alpha value is -3.24. The number of aromatic nitrogens is 5. The van der Waals surface area contributed by atoms with Crippen molar-refractivity contribution in [2.24, 2.45) is 7.05 Å². The van der Waals surface area contributed by atoms with E-state index in [4.69, 9.17) is 0 Å². The molecule has 3 aromatic heterocycles. The van der Waals surface area contributed by atoms with Gasteiger partial charge in [0.05, 0.1) is 26.9 Å². The molecule has 5 rings (SSSR count). The third kappa shape index (κ3) is 3.14. The highest BCUT2D eigenvalue weighted by Crippen LogP contribution is 2.27. The number of para-hydroxylation sites is 1. The number of nitrogens with zero attached hydrogens (tertiary/aromatic N) is 5. The number of rotatable bonds is 4. The Kier molecular flexibility index (Phi) is 4.52. The maximum Gasteiger partial charge on any atom is 0.262 e. The Morgan fingerprint density at radius 1 is 1.20 bits per heavy atom. The molecule has 0 saturated heterocycles. The summed E-state index contributed by atoms with van der Waals surface area (Å²) < 4.78 is 4.30. The maximum atomic E-state index is 12.5. The van der Waals surface area contributed by atoms with Crippen molar-refractivity contribution in [2.45, 2.75) is 12.1 Å². The molecule has 0 spiro atoms. The smallest absolute Gasteiger partial charge is 0.262 e. The van der Waals surface area contributed by atoms with Gasteiger partial charge in [0.1, 0.15) is 0 Å². The van der Waals surface area contributed by atoms with E-state index in [0.717, 1.165) is 15.8 Å². The Morgan fingerprint density at radius 3 is 2.90 bits per heavy atom. The Bertz CT molecular complexity index is 1500. The lowest BCUT2D eigenvalue weighted by molar-refractivity contribution is -0.113. The van der Waals surface area contributed by atoms with Gasteiger partial charge in [0.2, 0.25) is 11.7 Å². The molecular weight excluding hydrogens is 420 g/mol. The highest BCUT2D eigenvalue weighted by molar-refractivity contribution is 7.99. The third-order valence-corrected chi connectivity index (χ3v) is 6.58. The standard InChI is InChI=1S/C20H16N6O2S2/c1-11-7-8-13-15(9-11)30-18(21-13)22-16(27)10-29-20-24-23-19-25(2)17(28)12-5-3-4-6-14(12)26(19)20/h3-9H,10H2,1-2H3,(H,21,22,27).